The maximum Gasteiger partial charge on any atom is 0.472 e. The zero-order valence-corrected chi connectivity index (χ0v) is 61.4. The molecule has 0 saturated carbocycles. The van der Waals surface area contributed by atoms with Crippen molar-refractivity contribution in [3.8, 4) is 0 Å². The van der Waals surface area contributed by atoms with Crippen molar-refractivity contribution < 1.29 is 75.8 Å². The number of esters is 3. The third kappa shape index (κ3) is 71.3. The molecule has 5 unspecified atom stereocenters. The Bertz CT molecular complexity index is 2170. The molecule has 0 heterocycles. The second kappa shape index (κ2) is 70.1. The number of carbonyl (C=O) groups excluding carboxylic acids is 3. The van der Waals surface area contributed by atoms with E-state index in [1.807, 2.05) is 0 Å². The minimum atomic E-state index is -4.93. The highest BCUT2D eigenvalue weighted by Gasteiger charge is 2.29. The number of hydrogen-bond donors (Lipinski definition) is 4. The van der Waals surface area contributed by atoms with Crippen molar-refractivity contribution in [3.63, 3.8) is 0 Å². The number of rotatable bonds is 70. The number of unbranched alkanes of at least 4 members (excludes halogenated alkanes) is 29. The van der Waals surface area contributed by atoms with Gasteiger partial charge in [-0.15, -0.1) is 0 Å². The summed E-state index contributed by atoms with van der Waals surface area (Å²) in [6, 6.07) is 0. The molecule has 0 fully saturated rings. The van der Waals surface area contributed by atoms with Crippen molar-refractivity contribution in [1.29, 1.82) is 0 Å². The summed E-state index contributed by atoms with van der Waals surface area (Å²) >= 11 is 0. The van der Waals surface area contributed by atoms with E-state index in [1.165, 1.54) is 89.9 Å². The zero-order chi connectivity index (χ0) is 69.5. The lowest BCUT2D eigenvalue weighted by molar-refractivity contribution is -0.161. The lowest BCUT2D eigenvalue weighted by Gasteiger charge is -2.21. The van der Waals surface area contributed by atoms with E-state index in [1.54, 1.807) is 0 Å². The van der Waals surface area contributed by atoms with Crippen LogP contribution in [-0.4, -0.2) is 95.9 Å². The van der Waals surface area contributed by atoms with Crippen LogP contribution in [0.25, 0.3) is 0 Å². The van der Waals surface area contributed by atoms with Gasteiger partial charge in [0.1, 0.15) is 25.4 Å². The Hall–Kier alpha value is -3.79. The third-order valence-corrected chi connectivity index (χ3v) is 17.4. The van der Waals surface area contributed by atoms with Crippen LogP contribution in [0.15, 0.2) is 109 Å². The van der Waals surface area contributed by atoms with Gasteiger partial charge in [0.25, 0.3) is 0 Å². The fourth-order valence-corrected chi connectivity index (χ4v) is 11.4. The highest BCUT2D eigenvalue weighted by molar-refractivity contribution is 7.47. The topological polar surface area (TPSA) is 231 Å². The number of carbonyl (C=O) groups is 3. The number of allylic oxidation sites excluding steroid dienone is 18. The molecule has 4 N–H and O–H groups in total. The van der Waals surface area contributed by atoms with E-state index in [2.05, 4.69) is 130 Å². The molecule has 0 bridgehead atoms. The molecule has 0 aliphatic carbocycles. The molecule has 0 aromatic carbocycles. The van der Waals surface area contributed by atoms with E-state index in [0.717, 1.165) is 154 Å². The van der Waals surface area contributed by atoms with Crippen molar-refractivity contribution in [2.24, 2.45) is 0 Å². The van der Waals surface area contributed by atoms with Crippen LogP contribution >= 0.6 is 15.6 Å². The Morgan fingerprint density at radius 1 is 0.305 bits per heavy atom. The lowest BCUT2D eigenvalue weighted by atomic mass is 10.0. The van der Waals surface area contributed by atoms with Crippen molar-refractivity contribution in [1.82, 2.24) is 0 Å². The first-order chi connectivity index (χ1) is 46.2. The predicted octanol–water partition coefficient (Wildman–Crippen LogP) is 21.2. The van der Waals surface area contributed by atoms with Crippen molar-refractivity contribution in [2.45, 2.75) is 322 Å². The van der Waals surface area contributed by atoms with Gasteiger partial charge in [0.05, 0.1) is 26.4 Å². The summed E-state index contributed by atoms with van der Waals surface area (Å²) in [5.74, 6) is -1.60. The van der Waals surface area contributed by atoms with Gasteiger partial charge in [0.2, 0.25) is 0 Å². The quantitative estimate of drug-likeness (QED) is 0.0146. The molecule has 0 aromatic rings. The molecule has 0 rings (SSSR count). The molecular weight excluding hydrogens is 1240 g/mol. The molecule has 0 aliphatic heterocycles. The molecule has 0 amide bonds. The highest BCUT2D eigenvalue weighted by atomic mass is 31.2. The van der Waals surface area contributed by atoms with Crippen LogP contribution in [-0.2, 0) is 55.8 Å². The first kappa shape index (κ1) is 91.2. The molecule has 16 nitrogen and oxygen atoms in total. The SMILES string of the molecule is CC/C=C\C/C=C\C/C=C\C/C=C\C/C=C\CCCCCCCCCCCCCC(=O)OCC(O)COP(=O)(O)OCC(O)COP(=O)(O)OCC(COC(=O)CCCCCCCC/C=C\C/C=C\C/C=C\CCCCC)OC(=O)CCCCCCC/C=C\CCCCCC. The largest absolute Gasteiger partial charge is 0.472 e. The van der Waals surface area contributed by atoms with E-state index >= 15 is 0 Å². The molecule has 548 valence electrons. The Morgan fingerprint density at radius 3 is 0.916 bits per heavy atom. The molecule has 0 radical (unpaired) electrons. The van der Waals surface area contributed by atoms with Crippen LogP contribution in [0, 0.1) is 0 Å². The third-order valence-electron chi connectivity index (χ3n) is 15.5. The molecular formula is C77H134O16P2. The molecule has 0 spiro atoms. The van der Waals surface area contributed by atoms with Crippen molar-refractivity contribution in [2.75, 3.05) is 39.6 Å². The van der Waals surface area contributed by atoms with Gasteiger partial charge in [-0.05, 0) is 128 Å². The van der Waals surface area contributed by atoms with Crippen molar-refractivity contribution >= 4 is 33.6 Å². The first-order valence-electron chi connectivity index (χ1n) is 37.2. The summed E-state index contributed by atoms with van der Waals surface area (Å²) in [6.45, 7) is 2.50. The van der Waals surface area contributed by atoms with Crippen LogP contribution in [0.2, 0.25) is 0 Å². The van der Waals surface area contributed by atoms with Gasteiger partial charge in [0.15, 0.2) is 6.10 Å². The highest BCUT2D eigenvalue weighted by Crippen LogP contribution is 2.45. The van der Waals surface area contributed by atoms with Gasteiger partial charge in [0, 0.05) is 19.3 Å². The van der Waals surface area contributed by atoms with Gasteiger partial charge in [-0.3, -0.25) is 32.5 Å². The first-order valence-corrected chi connectivity index (χ1v) is 40.2. The summed E-state index contributed by atoms with van der Waals surface area (Å²) in [7, 11) is -9.79. The minimum Gasteiger partial charge on any atom is -0.463 e. The molecule has 0 aliphatic rings. The minimum absolute atomic E-state index is 0.0911. The van der Waals surface area contributed by atoms with Crippen LogP contribution in [0.5, 0.6) is 0 Å². The summed E-state index contributed by atoms with van der Waals surface area (Å²) in [4.78, 5) is 58.5. The van der Waals surface area contributed by atoms with E-state index in [4.69, 9.17) is 32.3 Å². The van der Waals surface area contributed by atoms with E-state index in [0.29, 0.717) is 19.3 Å². The van der Waals surface area contributed by atoms with Gasteiger partial charge in [-0.2, -0.15) is 0 Å². The fourth-order valence-electron chi connectivity index (χ4n) is 9.78. The molecule has 0 aromatic heterocycles. The lowest BCUT2D eigenvalue weighted by Crippen LogP contribution is -2.30. The Morgan fingerprint density at radius 2 is 0.558 bits per heavy atom. The van der Waals surface area contributed by atoms with E-state index < -0.39 is 91.5 Å². The van der Waals surface area contributed by atoms with Gasteiger partial charge >= 0.3 is 33.6 Å². The zero-order valence-electron chi connectivity index (χ0n) is 59.6. The summed E-state index contributed by atoms with van der Waals surface area (Å²) in [6.07, 6.45) is 79.9. The van der Waals surface area contributed by atoms with Crippen molar-refractivity contribution in [3.05, 3.63) is 109 Å². The molecule has 18 heteroatoms. The standard InChI is InChI=1S/C77H134O16P2/c1-4-7-10-13-16-19-22-25-27-29-31-32-33-34-35-36-37-38-40-42-43-46-48-51-54-57-60-63-75(80)87-66-72(78)67-89-94(83,84)90-68-73(79)69-91-95(85,86)92-71-74(93-77(82)65-62-59-56-53-50-45-24-21-18-15-12-9-6-3)70-88-76(81)64-61-58-55-52-49-47-44-41-39-30-28-26-23-20-17-14-11-8-5-2/h7,10,16-17,19-21,24-28,31-32,34-35,39,41,72-74,78-79H,4-6,8-9,11-15,18,22-23,29-30,33,36-38,40,42-71H2,1-3H3,(H,83,84)(H,85,86)/b10-7-,19-16-,20-17-,24-21-,27-25-,28-26-,32-31-,35-34-,41-39-. The van der Waals surface area contributed by atoms with Crippen LogP contribution in [0.4, 0.5) is 0 Å². The second-order valence-electron chi connectivity index (χ2n) is 24.7. The normalized spacial score (nSPS) is 14.7. The smallest absolute Gasteiger partial charge is 0.463 e. The number of hydrogen-bond acceptors (Lipinski definition) is 14. The predicted molar refractivity (Wildman–Crippen MR) is 390 cm³/mol. The fraction of sp³-hybridized carbons (Fsp3) is 0.727. The number of aliphatic hydroxyl groups is 2. The maximum atomic E-state index is 12.9. The van der Waals surface area contributed by atoms with E-state index in [9.17, 15) is 43.5 Å². The average Bonchev–Trinajstić information content (AvgIpc) is 1.81. The second-order valence-corrected chi connectivity index (χ2v) is 27.6. The summed E-state index contributed by atoms with van der Waals surface area (Å²) < 4.78 is 61.0. The van der Waals surface area contributed by atoms with E-state index in [-0.39, 0.29) is 19.3 Å². The Balaban J connectivity index is 4.53. The number of phosphoric acid groups is 2. The number of phosphoric ester groups is 2. The Labute approximate surface area is 577 Å². The van der Waals surface area contributed by atoms with Gasteiger partial charge in [-0.25, -0.2) is 9.13 Å². The molecule has 95 heavy (non-hydrogen) atoms. The average molecular weight is 1380 g/mol. The number of aliphatic hydroxyl groups excluding tert-OH is 2. The summed E-state index contributed by atoms with van der Waals surface area (Å²) in [5.41, 5.74) is 0. The monoisotopic (exact) mass is 1380 g/mol. The molecule has 5 atom stereocenters. The molecule has 0 saturated heterocycles. The van der Waals surface area contributed by atoms with Crippen LogP contribution < -0.4 is 0 Å². The van der Waals surface area contributed by atoms with Gasteiger partial charge in [-0.1, -0.05) is 265 Å². The Kier molecular flexibility index (Phi) is 67.3. The van der Waals surface area contributed by atoms with Gasteiger partial charge < -0.3 is 34.2 Å². The number of ether oxygens (including phenoxy) is 3. The van der Waals surface area contributed by atoms with Crippen LogP contribution in [0.3, 0.4) is 0 Å². The maximum absolute atomic E-state index is 12.9. The summed E-state index contributed by atoms with van der Waals surface area (Å²) in [5, 5.41) is 20.6. The van der Waals surface area contributed by atoms with Crippen LogP contribution in [0.1, 0.15) is 303 Å².